The number of hydrogen-bond donors (Lipinski definition) is 1. The van der Waals surface area contributed by atoms with E-state index in [-0.39, 0.29) is 29.2 Å². The van der Waals surface area contributed by atoms with Crippen molar-refractivity contribution in [3.8, 4) is 34.0 Å². The van der Waals surface area contributed by atoms with Crippen molar-refractivity contribution in [1.29, 1.82) is 0 Å². The van der Waals surface area contributed by atoms with Gasteiger partial charge in [-0.1, -0.05) is 12.1 Å². The quantitative estimate of drug-likeness (QED) is 0.314. The second-order valence-corrected chi connectivity index (χ2v) is 10.9. The smallest absolute Gasteiger partial charge is 0.387 e. The zero-order valence-electron chi connectivity index (χ0n) is 23.9. The molecule has 216 valence electrons. The number of carbonyl (C=O) groups is 1. The normalized spacial score (nSPS) is 11.8. The second kappa shape index (κ2) is 12.0. The maximum absolute atomic E-state index is 13.9. The molecule has 0 atom stereocenters. The number of amides is 1. The minimum Gasteiger partial charge on any atom is -0.497 e. The maximum atomic E-state index is 13.9. The van der Waals surface area contributed by atoms with Gasteiger partial charge < -0.3 is 19.7 Å². The highest BCUT2D eigenvalue weighted by atomic mass is 19.3. The minimum absolute atomic E-state index is 0.0983. The van der Waals surface area contributed by atoms with Crippen LogP contribution in [0.25, 0.3) is 33.5 Å². The molecule has 0 radical (unpaired) electrons. The number of nitrogens with one attached hydrogen (secondary N) is 1. The third kappa shape index (κ3) is 7.43. The van der Waals surface area contributed by atoms with Crippen molar-refractivity contribution < 1.29 is 23.0 Å². The van der Waals surface area contributed by atoms with Gasteiger partial charge in [-0.2, -0.15) is 8.78 Å². The number of benzene rings is 2. The van der Waals surface area contributed by atoms with Crippen LogP contribution in [0, 0.1) is 0 Å². The van der Waals surface area contributed by atoms with Crippen LogP contribution >= 0.6 is 0 Å². The Labute approximate surface area is 236 Å². The highest BCUT2D eigenvalue weighted by molar-refractivity contribution is 5.83. The van der Waals surface area contributed by atoms with Crippen LogP contribution in [0.1, 0.15) is 26.3 Å². The molecule has 4 aromatic rings. The van der Waals surface area contributed by atoms with E-state index in [1.165, 1.54) is 22.8 Å². The molecule has 0 saturated heterocycles. The Morgan fingerprint density at radius 1 is 1.05 bits per heavy atom. The van der Waals surface area contributed by atoms with Gasteiger partial charge in [0.05, 0.1) is 12.5 Å². The van der Waals surface area contributed by atoms with Crippen LogP contribution in [0.4, 0.5) is 8.78 Å². The summed E-state index contributed by atoms with van der Waals surface area (Å²) < 4.78 is 37.0. The number of hydrogen-bond acceptors (Lipinski definition) is 7. The summed E-state index contributed by atoms with van der Waals surface area (Å²) in [5.41, 5.74) is 1.91. The van der Waals surface area contributed by atoms with E-state index >= 15 is 0 Å². The molecule has 0 bridgehead atoms. The van der Waals surface area contributed by atoms with Gasteiger partial charge in [0, 0.05) is 29.4 Å². The average Bonchev–Trinajstić information content (AvgIpc) is 2.88. The van der Waals surface area contributed by atoms with Crippen molar-refractivity contribution in [3.05, 3.63) is 70.6 Å². The molecule has 1 N–H and O–H groups in total. The van der Waals surface area contributed by atoms with Crippen molar-refractivity contribution in [3.63, 3.8) is 0 Å². The summed E-state index contributed by atoms with van der Waals surface area (Å²) in [7, 11) is 5.52. The number of methoxy groups -OCH3 is 1. The summed E-state index contributed by atoms with van der Waals surface area (Å²) in [6.07, 6.45) is 1.61. The number of alkyl halides is 2. The molecule has 4 rings (SSSR count). The monoisotopic (exact) mass is 565 g/mol. The van der Waals surface area contributed by atoms with Gasteiger partial charge in [0.25, 0.3) is 5.56 Å². The van der Waals surface area contributed by atoms with Crippen LogP contribution in [0.3, 0.4) is 0 Å². The maximum Gasteiger partial charge on any atom is 0.387 e. The second-order valence-electron chi connectivity index (χ2n) is 10.9. The fraction of sp³-hybridized carbons (Fsp3) is 0.333. The number of pyridine rings is 1. The molecule has 0 spiro atoms. The van der Waals surface area contributed by atoms with E-state index in [1.807, 2.05) is 58.0 Å². The van der Waals surface area contributed by atoms with Gasteiger partial charge in [-0.25, -0.2) is 9.97 Å². The van der Waals surface area contributed by atoms with Crippen LogP contribution in [0.2, 0.25) is 0 Å². The predicted octanol–water partition coefficient (Wildman–Crippen LogP) is 4.71. The van der Waals surface area contributed by atoms with Crippen molar-refractivity contribution in [2.24, 2.45) is 0 Å². The summed E-state index contributed by atoms with van der Waals surface area (Å²) in [6, 6.07) is 13.3. The van der Waals surface area contributed by atoms with Crippen molar-refractivity contribution in [2.75, 3.05) is 21.2 Å². The molecule has 41 heavy (non-hydrogen) atoms. The lowest BCUT2D eigenvalue weighted by Gasteiger charge is -2.21. The summed E-state index contributed by atoms with van der Waals surface area (Å²) in [5.74, 6) is 0.246. The first-order valence-corrected chi connectivity index (χ1v) is 12.9. The van der Waals surface area contributed by atoms with Crippen LogP contribution in [-0.4, -0.2) is 58.7 Å². The predicted molar refractivity (Wildman–Crippen MR) is 153 cm³/mol. The third-order valence-electron chi connectivity index (χ3n) is 5.98. The Bertz CT molecular complexity index is 1630. The summed E-state index contributed by atoms with van der Waals surface area (Å²) >= 11 is 0. The lowest BCUT2D eigenvalue weighted by Crippen LogP contribution is -2.43. The number of ether oxygens (including phenoxy) is 2. The number of carbonyl (C=O) groups excluding carboxylic acids is 1. The van der Waals surface area contributed by atoms with E-state index < -0.39 is 23.6 Å². The van der Waals surface area contributed by atoms with Gasteiger partial charge >= 0.3 is 6.61 Å². The highest BCUT2D eigenvalue weighted by Crippen LogP contribution is 2.29. The van der Waals surface area contributed by atoms with Crippen LogP contribution in [0.5, 0.6) is 11.5 Å². The Kier molecular flexibility index (Phi) is 8.67. The first-order chi connectivity index (χ1) is 19.3. The Morgan fingerprint density at radius 3 is 2.44 bits per heavy atom. The first-order valence-electron chi connectivity index (χ1n) is 12.9. The zero-order chi connectivity index (χ0) is 29.9. The zero-order valence-corrected chi connectivity index (χ0v) is 23.9. The van der Waals surface area contributed by atoms with E-state index in [4.69, 9.17) is 4.74 Å². The molecule has 0 unspecified atom stereocenters. The number of fused-ring (bicyclic) bond motifs is 1. The van der Waals surface area contributed by atoms with Gasteiger partial charge in [0.2, 0.25) is 5.91 Å². The van der Waals surface area contributed by atoms with Gasteiger partial charge in [0.15, 0.2) is 5.65 Å². The SMILES string of the molecule is COc1cc(CN(C)C)cc(-c2cnc3nc(-c4cccc(OC(F)F)c4)n(CC(=O)NC(C)(C)C)c(=O)c3c2)c1. The molecule has 0 aliphatic carbocycles. The molecule has 0 aliphatic heterocycles. The van der Waals surface area contributed by atoms with Crippen LogP contribution < -0.4 is 20.3 Å². The Morgan fingerprint density at radius 2 is 1.78 bits per heavy atom. The molecular weight excluding hydrogens is 532 g/mol. The van der Waals surface area contributed by atoms with Crippen LogP contribution in [0.15, 0.2) is 59.5 Å². The topological polar surface area (TPSA) is 98.6 Å². The van der Waals surface area contributed by atoms with E-state index in [2.05, 4.69) is 20.0 Å². The lowest BCUT2D eigenvalue weighted by atomic mass is 10.0. The van der Waals surface area contributed by atoms with E-state index in [1.54, 1.807) is 25.4 Å². The van der Waals surface area contributed by atoms with Gasteiger partial charge in [0.1, 0.15) is 23.9 Å². The highest BCUT2D eigenvalue weighted by Gasteiger charge is 2.20. The molecule has 2 aromatic heterocycles. The lowest BCUT2D eigenvalue weighted by molar-refractivity contribution is -0.123. The Hall–Kier alpha value is -4.38. The number of rotatable bonds is 9. The van der Waals surface area contributed by atoms with Gasteiger partial charge in [-0.05, 0) is 82.4 Å². The number of halogens is 2. The third-order valence-corrected chi connectivity index (χ3v) is 5.98. The van der Waals surface area contributed by atoms with Crippen molar-refractivity contribution in [1.82, 2.24) is 24.8 Å². The molecule has 0 saturated carbocycles. The molecule has 1 amide bonds. The van der Waals surface area contributed by atoms with E-state index in [9.17, 15) is 18.4 Å². The molecule has 2 aromatic carbocycles. The molecule has 0 fully saturated rings. The van der Waals surface area contributed by atoms with Crippen molar-refractivity contribution in [2.45, 2.75) is 46.0 Å². The molecule has 0 aliphatic rings. The van der Waals surface area contributed by atoms with Crippen molar-refractivity contribution >= 4 is 16.9 Å². The fourth-order valence-electron chi connectivity index (χ4n) is 4.45. The standard InChI is InChI=1S/C30H33F2N5O4/c1-30(2,3)35-25(38)17-37-27(19-8-7-9-22(12-19)41-29(31)32)34-26-24(28(37)39)14-21(15-33-26)20-10-18(16-36(4)5)11-23(13-20)40-6/h7-15,29H,16-17H2,1-6H3,(H,35,38). The van der Waals surface area contributed by atoms with Gasteiger partial charge in [-0.15, -0.1) is 0 Å². The fourth-order valence-corrected chi connectivity index (χ4v) is 4.45. The molecule has 2 heterocycles. The summed E-state index contributed by atoms with van der Waals surface area (Å²) in [5, 5.41) is 3.05. The number of aromatic nitrogens is 3. The number of nitrogens with zero attached hydrogens (tertiary/aromatic N) is 4. The van der Waals surface area contributed by atoms with E-state index in [0.29, 0.717) is 23.4 Å². The first kappa shape index (κ1) is 29.6. The molecule has 11 heteroatoms. The minimum atomic E-state index is -3.02. The molecular formula is C30H33F2N5O4. The molecule has 9 nitrogen and oxygen atoms in total. The summed E-state index contributed by atoms with van der Waals surface area (Å²) in [4.78, 5) is 38.0. The average molecular weight is 566 g/mol. The largest absolute Gasteiger partial charge is 0.497 e. The van der Waals surface area contributed by atoms with Gasteiger partial charge in [-0.3, -0.25) is 14.2 Å². The Balaban J connectivity index is 1.89. The summed E-state index contributed by atoms with van der Waals surface area (Å²) in [6.45, 7) is 2.79. The van der Waals surface area contributed by atoms with E-state index in [0.717, 1.165) is 11.1 Å². The van der Waals surface area contributed by atoms with Crippen LogP contribution in [-0.2, 0) is 17.9 Å².